The molecule has 2 heteroatoms. The molecule has 0 N–H and O–H groups in total. The van der Waals surface area contributed by atoms with E-state index in [1.165, 1.54) is 49.4 Å². The highest BCUT2D eigenvalue weighted by molar-refractivity contribution is 6.24. The molecule has 0 saturated heterocycles. The first kappa shape index (κ1) is 16.1. The van der Waals surface area contributed by atoms with Gasteiger partial charge in [0.15, 0.2) is 0 Å². The number of para-hydroxylation sites is 2. The SMILES string of the molecule is c1ccc(-c2cc3c(c4cnccc24)c2ccccc2n3-c2ccccc2)cc1. The van der Waals surface area contributed by atoms with Crippen LogP contribution >= 0.6 is 0 Å². The molecule has 4 aromatic carbocycles. The fourth-order valence-corrected chi connectivity index (χ4v) is 4.43. The summed E-state index contributed by atoms with van der Waals surface area (Å²) in [5.74, 6) is 0. The van der Waals surface area contributed by atoms with Gasteiger partial charge in [-0.3, -0.25) is 4.98 Å². The predicted octanol–water partition coefficient (Wildman–Crippen LogP) is 7.00. The minimum atomic E-state index is 1.17. The maximum absolute atomic E-state index is 4.48. The van der Waals surface area contributed by atoms with Crippen molar-refractivity contribution in [1.29, 1.82) is 0 Å². The highest BCUT2D eigenvalue weighted by atomic mass is 15.0. The minimum Gasteiger partial charge on any atom is -0.309 e. The zero-order valence-electron chi connectivity index (χ0n) is 15.8. The van der Waals surface area contributed by atoms with Crippen molar-refractivity contribution in [3.8, 4) is 16.8 Å². The Kier molecular flexibility index (Phi) is 3.50. The number of fused-ring (bicyclic) bond motifs is 5. The average Bonchev–Trinajstić information content (AvgIpc) is 3.14. The average molecular weight is 370 g/mol. The van der Waals surface area contributed by atoms with Crippen LogP contribution in [0.15, 0.2) is 109 Å². The highest BCUT2D eigenvalue weighted by Gasteiger charge is 2.17. The largest absolute Gasteiger partial charge is 0.309 e. The number of hydrogen-bond acceptors (Lipinski definition) is 1. The van der Waals surface area contributed by atoms with E-state index in [2.05, 4.69) is 107 Å². The zero-order valence-corrected chi connectivity index (χ0v) is 15.8. The van der Waals surface area contributed by atoms with Crippen molar-refractivity contribution in [2.75, 3.05) is 0 Å². The van der Waals surface area contributed by atoms with Gasteiger partial charge in [-0.05, 0) is 46.8 Å². The lowest BCUT2D eigenvalue weighted by Crippen LogP contribution is -1.94. The van der Waals surface area contributed by atoms with Crippen LogP contribution in [0.5, 0.6) is 0 Å². The topological polar surface area (TPSA) is 17.8 Å². The molecule has 6 rings (SSSR count). The third-order valence-electron chi connectivity index (χ3n) is 5.67. The van der Waals surface area contributed by atoms with Crippen molar-refractivity contribution in [2.24, 2.45) is 0 Å². The van der Waals surface area contributed by atoms with E-state index in [0.29, 0.717) is 0 Å². The Balaban J connectivity index is 1.87. The molecule has 0 unspecified atom stereocenters. The maximum Gasteiger partial charge on any atom is 0.0554 e. The second kappa shape index (κ2) is 6.32. The Morgan fingerprint density at radius 1 is 0.586 bits per heavy atom. The van der Waals surface area contributed by atoms with Gasteiger partial charge in [0.1, 0.15) is 0 Å². The molecule has 0 fully saturated rings. The Morgan fingerprint density at radius 2 is 1.31 bits per heavy atom. The van der Waals surface area contributed by atoms with Gasteiger partial charge in [0.25, 0.3) is 0 Å². The molecule has 0 amide bonds. The minimum absolute atomic E-state index is 1.17. The van der Waals surface area contributed by atoms with E-state index in [1.54, 1.807) is 0 Å². The molecule has 136 valence electrons. The Morgan fingerprint density at radius 3 is 2.14 bits per heavy atom. The summed E-state index contributed by atoms with van der Waals surface area (Å²) in [4.78, 5) is 4.48. The standard InChI is InChI=1S/C27H18N2/c1-3-9-19(10-4-1)23-17-26-27(24-18-28-16-15-21(23)24)22-13-7-8-14-25(22)29(26)20-11-5-2-6-12-20/h1-18H. The molecule has 0 atom stereocenters. The molecule has 0 spiro atoms. The third kappa shape index (κ3) is 2.39. The molecule has 29 heavy (non-hydrogen) atoms. The summed E-state index contributed by atoms with van der Waals surface area (Å²) in [5, 5.41) is 4.93. The normalized spacial score (nSPS) is 11.4. The summed E-state index contributed by atoms with van der Waals surface area (Å²) in [6.07, 6.45) is 3.89. The quantitative estimate of drug-likeness (QED) is 0.321. The van der Waals surface area contributed by atoms with Gasteiger partial charge in [-0.2, -0.15) is 0 Å². The molecular weight excluding hydrogens is 352 g/mol. The van der Waals surface area contributed by atoms with Crippen LogP contribution < -0.4 is 0 Å². The summed E-state index contributed by atoms with van der Waals surface area (Å²) in [5.41, 5.74) is 6.03. The molecule has 0 aliphatic carbocycles. The first-order valence-electron chi connectivity index (χ1n) is 9.82. The van der Waals surface area contributed by atoms with Crippen LogP contribution in [0.2, 0.25) is 0 Å². The van der Waals surface area contributed by atoms with Crippen molar-refractivity contribution in [2.45, 2.75) is 0 Å². The van der Waals surface area contributed by atoms with Crippen molar-refractivity contribution < 1.29 is 0 Å². The van der Waals surface area contributed by atoms with Crippen molar-refractivity contribution >= 4 is 32.6 Å². The van der Waals surface area contributed by atoms with Gasteiger partial charge < -0.3 is 4.57 Å². The molecule has 0 aliphatic heterocycles. The number of aromatic nitrogens is 2. The van der Waals surface area contributed by atoms with E-state index in [-0.39, 0.29) is 0 Å². The van der Waals surface area contributed by atoms with Crippen LogP contribution in [-0.2, 0) is 0 Å². The molecule has 6 aromatic rings. The van der Waals surface area contributed by atoms with Crippen LogP contribution in [0.25, 0.3) is 49.4 Å². The van der Waals surface area contributed by atoms with Crippen molar-refractivity contribution in [1.82, 2.24) is 9.55 Å². The maximum atomic E-state index is 4.48. The van der Waals surface area contributed by atoms with Gasteiger partial charge in [0.05, 0.1) is 11.0 Å². The van der Waals surface area contributed by atoms with E-state index in [1.807, 2.05) is 12.4 Å². The number of nitrogens with zero attached hydrogens (tertiary/aromatic N) is 2. The van der Waals surface area contributed by atoms with Crippen molar-refractivity contribution in [3.63, 3.8) is 0 Å². The van der Waals surface area contributed by atoms with Gasteiger partial charge in [0, 0.05) is 34.2 Å². The third-order valence-corrected chi connectivity index (χ3v) is 5.67. The van der Waals surface area contributed by atoms with Crippen LogP contribution in [0.3, 0.4) is 0 Å². The number of hydrogen-bond donors (Lipinski definition) is 0. The first-order chi connectivity index (χ1) is 14.4. The number of pyridine rings is 1. The predicted molar refractivity (Wildman–Crippen MR) is 122 cm³/mol. The van der Waals surface area contributed by atoms with E-state index >= 15 is 0 Å². The Labute approximate surface area is 168 Å². The summed E-state index contributed by atoms with van der Waals surface area (Å²) in [6.45, 7) is 0. The molecule has 2 heterocycles. The second-order valence-electron chi connectivity index (χ2n) is 7.29. The first-order valence-corrected chi connectivity index (χ1v) is 9.82. The monoisotopic (exact) mass is 370 g/mol. The second-order valence-corrected chi connectivity index (χ2v) is 7.29. The molecule has 0 radical (unpaired) electrons. The molecular formula is C27H18N2. The lowest BCUT2D eigenvalue weighted by molar-refractivity contribution is 1.18. The Bertz CT molecular complexity index is 1470. The highest BCUT2D eigenvalue weighted by Crippen LogP contribution is 2.40. The van der Waals surface area contributed by atoms with Crippen LogP contribution in [0.1, 0.15) is 0 Å². The molecule has 0 bridgehead atoms. The van der Waals surface area contributed by atoms with Crippen LogP contribution in [-0.4, -0.2) is 9.55 Å². The van der Waals surface area contributed by atoms with E-state index in [4.69, 9.17) is 0 Å². The van der Waals surface area contributed by atoms with E-state index in [0.717, 1.165) is 0 Å². The van der Waals surface area contributed by atoms with Gasteiger partial charge in [0.2, 0.25) is 0 Å². The summed E-state index contributed by atoms with van der Waals surface area (Å²) in [7, 11) is 0. The van der Waals surface area contributed by atoms with Crippen LogP contribution in [0.4, 0.5) is 0 Å². The fraction of sp³-hybridized carbons (Fsp3) is 0. The molecule has 2 aromatic heterocycles. The lowest BCUT2D eigenvalue weighted by atomic mass is 9.96. The summed E-state index contributed by atoms with van der Waals surface area (Å²) in [6, 6.07) is 34.3. The van der Waals surface area contributed by atoms with Gasteiger partial charge >= 0.3 is 0 Å². The van der Waals surface area contributed by atoms with E-state index < -0.39 is 0 Å². The summed E-state index contributed by atoms with van der Waals surface area (Å²) >= 11 is 0. The number of rotatable bonds is 2. The fourth-order valence-electron chi connectivity index (χ4n) is 4.43. The smallest absolute Gasteiger partial charge is 0.0554 e. The van der Waals surface area contributed by atoms with Gasteiger partial charge in [-0.15, -0.1) is 0 Å². The lowest BCUT2D eigenvalue weighted by Gasteiger charge is -2.11. The molecule has 0 aliphatic rings. The van der Waals surface area contributed by atoms with E-state index in [9.17, 15) is 0 Å². The number of benzene rings is 4. The summed E-state index contributed by atoms with van der Waals surface area (Å²) < 4.78 is 2.36. The van der Waals surface area contributed by atoms with Gasteiger partial charge in [-0.25, -0.2) is 0 Å². The van der Waals surface area contributed by atoms with Crippen molar-refractivity contribution in [3.05, 3.63) is 109 Å². The molecule has 2 nitrogen and oxygen atoms in total. The van der Waals surface area contributed by atoms with Crippen LogP contribution in [0, 0.1) is 0 Å². The molecule has 0 saturated carbocycles. The Hall–Kier alpha value is -3.91. The zero-order chi connectivity index (χ0) is 19.2. The van der Waals surface area contributed by atoms with Gasteiger partial charge in [-0.1, -0.05) is 66.7 Å².